The predicted molar refractivity (Wildman–Crippen MR) is 75.4 cm³/mol. The van der Waals surface area contributed by atoms with Crippen molar-refractivity contribution in [1.82, 2.24) is 0 Å². The fourth-order valence-electron chi connectivity index (χ4n) is 2.48. The number of nitrogens with zero attached hydrogens (tertiary/aromatic N) is 1. The van der Waals surface area contributed by atoms with Gasteiger partial charge in [0.15, 0.2) is 0 Å². The Morgan fingerprint density at radius 2 is 1.18 bits per heavy atom. The average molecular weight is 246 g/mol. The molecule has 1 aliphatic carbocycles. The summed E-state index contributed by atoms with van der Waals surface area (Å²) >= 11 is 0. The van der Waals surface area contributed by atoms with E-state index < -0.39 is 0 Å². The van der Waals surface area contributed by atoms with Crippen LogP contribution in [-0.2, 0) is 0 Å². The smallest absolute Gasteiger partial charge is 0.0757 e. The highest BCUT2D eigenvalue weighted by molar-refractivity contribution is 4.66. The number of nitrogens with two attached hydrogens (primary N) is 1. The molecule has 3 heteroatoms. The first-order valence-electron chi connectivity index (χ1n) is 7.24. The van der Waals surface area contributed by atoms with E-state index in [1.807, 2.05) is 0 Å². The van der Waals surface area contributed by atoms with E-state index in [4.69, 9.17) is 5.73 Å². The van der Waals surface area contributed by atoms with Gasteiger partial charge >= 0.3 is 0 Å². The van der Waals surface area contributed by atoms with E-state index in [1.165, 1.54) is 62.8 Å². The van der Waals surface area contributed by atoms with Crippen LogP contribution < -0.4 is 5.73 Å². The zero-order chi connectivity index (χ0) is 12.4. The van der Waals surface area contributed by atoms with Crippen LogP contribution >= 0.6 is 0 Å². The summed E-state index contributed by atoms with van der Waals surface area (Å²) in [6.07, 6.45) is 6.66. The Balaban J connectivity index is 0. The van der Waals surface area contributed by atoms with Crippen LogP contribution in [0.5, 0.6) is 0 Å². The third kappa shape index (κ3) is 7.74. The zero-order valence-corrected chi connectivity index (χ0v) is 12.4. The second-order valence-electron chi connectivity index (χ2n) is 5.00. The quantitative estimate of drug-likeness (QED) is 0.775. The highest BCUT2D eigenvalue weighted by atomic mass is 16.0. The minimum absolute atomic E-state index is 0. The molecule has 106 valence electrons. The molecule has 17 heavy (non-hydrogen) atoms. The molecule has 0 saturated heterocycles. The molecular weight excluding hydrogens is 212 g/mol. The molecule has 3 N–H and O–H groups in total. The second kappa shape index (κ2) is 11.0. The largest absolute Gasteiger partial charge is 0.870 e. The Labute approximate surface area is 108 Å². The summed E-state index contributed by atoms with van der Waals surface area (Å²) in [5.41, 5.74) is 5.63. The summed E-state index contributed by atoms with van der Waals surface area (Å²) in [4.78, 5) is 0. The Hall–Kier alpha value is -0.120. The Morgan fingerprint density at radius 1 is 0.824 bits per heavy atom. The molecule has 0 aromatic carbocycles. The summed E-state index contributed by atoms with van der Waals surface area (Å²) in [7, 11) is 0. The number of hydrogen-bond acceptors (Lipinski definition) is 2. The minimum atomic E-state index is 0. The maximum Gasteiger partial charge on any atom is 0.0757 e. The van der Waals surface area contributed by atoms with Crippen LogP contribution in [0.3, 0.4) is 0 Å². The van der Waals surface area contributed by atoms with Crippen molar-refractivity contribution in [2.45, 2.75) is 65.8 Å². The maximum atomic E-state index is 5.63. The van der Waals surface area contributed by atoms with Crippen LogP contribution in [0.1, 0.15) is 59.8 Å². The van der Waals surface area contributed by atoms with Gasteiger partial charge in [-0.3, -0.25) is 0 Å². The van der Waals surface area contributed by atoms with Gasteiger partial charge < -0.3 is 15.7 Å². The van der Waals surface area contributed by atoms with Gasteiger partial charge in [-0.2, -0.15) is 0 Å². The summed E-state index contributed by atoms with van der Waals surface area (Å²) in [6.45, 7) is 14.2. The molecule has 0 aromatic heterocycles. The van der Waals surface area contributed by atoms with Gasteiger partial charge in [-0.15, -0.1) is 0 Å². The van der Waals surface area contributed by atoms with Crippen molar-refractivity contribution in [1.29, 1.82) is 0 Å². The molecule has 1 aliphatic rings. The molecule has 1 rings (SSSR count). The van der Waals surface area contributed by atoms with Crippen molar-refractivity contribution in [3.8, 4) is 0 Å². The molecule has 0 heterocycles. The second-order valence-corrected chi connectivity index (χ2v) is 5.00. The van der Waals surface area contributed by atoms with Crippen LogP contribution in [0.25, 0.3) is 0 Å². The molecule has 0 aromatic rings. The van der Waals surface area contributed by atoms with Crippen LogP contribution in [0.2, 0.25) is 0 Å². The van der Waals surface area contributed by atoms with Crippen molar-refractivity contribution in [3.05, 3.63) is 0 Å². The molecule has 1 saturated carbocycles. The minimum Gasteiger partial charge on any atom is -0.870 e. The zero-order valence-electron chi connectivity index (χ0n) is 12.4. The van der Waals surface area contributed by atoms with Gasteiger partial charge in [-0.1, -0.05) is 19.3 Å². The standard InChI is InChI=1S/C8H20N.C6H13N.H2O/c1-5-9(6-2,7-3)8-4;7-6-4-2-1-3-5-6;/h5-8H2,1-4H3;6H,1-5,7H2;1H2/q+1;;/p-1. The van der Waals surface area contributed by atoms with Gasteiger partial charge in [0, 0.05) is 6.04 Å². The van der Waals surface area contributed by atoms with Gasteiger partial charge in [0.2, 0.25) is 0 Å². The molecule has 0 radical (unpaired) electrons. The van der Waals surface area contributed by atoms with E-state index in [-0.39, 0.29) is 5.48 Å². The fourth-order valence-corrected chi connectivity index (χ4v) is 2.48. The Morgan fingerprint density at radius 3 is 1.29 bits per heavy atom. The average Bonchev–Trinajstić information content (AvgIpc) is 2.35. The topological polar surface area (TPSA) is 56.0 Å². The predicted octanol–water partition coefficient (Wildman–Crippen LogP) is 2.98. The molecule has 1 fully saturated rings. The molecule has 3 nitrogen and oxygen atoms in total. The Bertz CT molecular complexity index is 135. The van der Waals surface area contributed by atoms with E-state index in [2.05, 4.69) is 27.7 Å². The van der Waals surface area contributed by atoms with Gasteiger partial charge in [0.1, 0.15) is 0 Å². The van der Waals surface area contributed by atoms with Crippen molar-refractivity contribution < 1.29 is 9.96 Å². The summed E-state index contributed by atoms with van der Waals surface area (Å²) in [5, 5.41) is 0. The highest BCUT2D eigenvalue weighted by Gasteiger charge is 2.16. The van der Waals surface area contributed by atoms with Crippen molar-refractivity contribution >= 4 is 0 Å². The van der Waals surface area contributed by atoms with Gasteiger partial charge in [0.25, 0.3) is 0 Å². The van der Waals surface area contributed by atoms with Crippen LogP contribution in [-0.4, -0.2) is 42.2 Å². The summed E-state index contributed by atoms with van der Waals surface area (Å²) in [5.74, 6) is 0. The van der Waals surface area contributed by atoms with Crippen LogP contribution in [0, 0.1) is 0 Å². The van der Waals surface area contributed by atoms with Crippen molar-refractivity contribution in [2.24, 2.45) is 5.73 Å². The van der Waals surface area contributed by atoms with E-state index in [1.54, 1.807) is 0 Å². The van der Waals surface area contributed by atoms with E-state index >= 15 is 0 Å². The molecular formula is C14H34N2O. The van der Waals surface area contributed by atoms with Gasteiger partial charge in [-0.25, -0.2) is 0 Å². The van der Waals surface area contributed by atoms with Crippen LogP contribution in [0.15, 0.2) is 0 Å². The lowest BCUT2D eigenvalue weighted by molar-refractivity contribution is -0.921. The fraction of sp³-hybridized carbons (Fsp3) is 1.00. The maximum absolute atomic E-state index is 5.63. The number of hydrogen-bond donors (Lipinski definition) is 1. The molecule has 0 bridgehead atoms. The first kappa shape index (κ1) is 19.2. The van der Waals surface area contributed by atoms with Crippen molar-refractivity contribution in [2.75, 3.05) is 26.2 Å². The van der Waals surface area contributed by atoms with E-state index in [9.17, 15) is 0 Å². The first-order chi connectivity index (χ1) is 7.64. The first-order valence-corrected chi connectivity index (χ1v) is 7.24. The number of quaternary nitrogens is 1. The normalized spacial score (nSPS) is 16.8. The SMILES string of the molecule is CC[N+](CC)(CC)CC.NC1CCCCC1.[OH-]. The molecule has 0 aliphatic heterocycles. The third-order valence-electron chi connectivity index (χ3n) is 4.33. The van der Waals surface area contributed by atoms with Gasteiger partial charge in [0.05, 0.1) is 26.2 Å². The number of rotatable bonds is 4. The lowest BCUT2D eigenvalue weighted by Gasteiger charge is -2.34. The van der Waals surface area contributed by atoms with Crippen LogP contribution in [0.4, 0.5) is 0 Å². The van der Waals surface area contributed by atoms with Gasteiger partial charge in [-0.05, 0) is 40.5 Å². The lowest BCUT2D eigenvalue weighted by atomic mass is 9.97. The molecule has 0 unspecified atom stereocenters. The molecule has 0 amide bonds. The summed E-state index contributed by atoms with van der Waals surface area (Å²) in [6, 6.07) is 0.536. The Kier molecular flexibility index (Phi) is 12.4. The monoisotopic (exact) mass is 246 g/mol. The molecule has 0 spiro atoms. The van der Waals surface area contributed by atoms with Crippen molar-refractivity contribution in [3.63, 3.8) is 0 Å². The van der Waals surface area contributed by atoms with E-state index in [0.717, 1.165) is 0 Å². The lowest BCUT2D eigenvalue weighted by Crippen LogP contribution is -2.47. The third-order valence-corrected chi connectivity index (χ3v) is 4.33. The van der Waals surface area contributed by atoms with E-state index in [0.29, 0.717) is 6.04 Å². The molecule has 0 atom stereocenters. The summed E-state index contributed by atoms with van der Waals surface area (Å²) < 4.78 is 1.28. The highest BCUT2D eigenvalue weighted by Crippen LogP contribution is 2.14.